The molecule has 0 spiro atoms. The van der Waals surface area contributed by atoms with Crippen LogP contribution < -0.4 is 3.53 Å². The van der Waals surface area contributed by atoms with Crippen molar-refractivity contribution in [3.63, 3.8) is 0 Å². The van der Waals surface area contributed by atoms with E-state index in [9.17, 15) is 0 Å². The van der Waals surface area contributed by atoms with Gasteiger partial charge in [0.15, 0.2) is 0 Å². The molecule has 0 saturated heterocycles. The van der Waals surface area contributed by atoms with Crippen molar-refractivity contribution in [1.29, 1.82) is 0 Å². The molecule has 1 rings (SSSR count). The Hall–Kier alpha value is 1.73. The Morgan fingerprint density at radius 1 is 1.50 bits per heavy atom. The van der Waals surface area contributed by atoms with Gasteiger partial charge in [-0.1, -0.05) is 0 Å². The summed E-state index contributed by atoms with van der Waals surface area (Å²) in [6.45, 7) is 0. The molecule has 1 aliphatic rings. The molecule has 0 aromatic carbocycles. The SMILES string of the molecule is C1=C[IH][IH][IH]N1. The summed E-state index contributed by atoms with van der Waals surface area (Å²) in [6, 6.07) is 0. The molecule has 1 aliphatic heterocycles. The quantitative estimate of drug-likeness (QED) is 0.463. The van der Waals surface area contributed by atoms with Crippen LogP contribution in [0.1, 0.15) is 0 Å². The van der Waals surface area contributed by atoms with Gasteiger partial charge in [0.25, 0.3) is 0 Å². The maximum absolute atomic E-state index is 3.32. The monoisotopic (exact) mass is 425 g/mol. The first-order valence-corrected chi connectivity index (χ1v) is 18.6. The second kappa shape index (κ2) is 3.70. The third kappa shape index (κ3) is 2.15. The van der Waals surface area contributed by atoms with Crippen LogP contribution in [0.4, 0.5) is 0 Å². The Kier molecular flexibility index (Phi) is 3.61. The van der Waals surface area contributed by atoms with Gasteiger partial charge in [0, 0.05) is 0 Å². The second-order valence-electron chi connectivity index (χ2n) is 0.668. The average molecular weight is 425 g/mol. The first-order valence-electron chi connectivity index (χ1n) is 1.40. The Morgan fingerprint density at radius 3 is 2.67 bits per heavy atom. The topological polar surface area (TPSA) is 12.0 Å². The molecule has 1 nitrogen and oxygen atoms in total. The summed E-state index contributed by atoms with van der Waals surface area (Å²) < 4.78 is 5.70. The third-order valence-electron chi connectivity index (χ3n) is 0.313. The Morgan fingerprint density at radius 2 is 2.50 bits per heavy atom. The molecule has 1 N–H and O–H groups in total. The van der Waals surface area contributed by atoms with E-state index in [1.165, 1.54) is 0 Å². The molecule has 0 atom stereocenters. The molecule has 40 valence electrons. The molecular formula is C2H6I3N. The standard InChI is InChI=1S/C2H6I3N/c1-2-6-5-4-3-1/h1-6H. The van der Waals surface area contributed by atoms with Crippen LogP contribution >= 0.6 is 48.0 Å². The normalized spacial score (nSPS) is 24.0. The van der Waals surface area contributed by atoms with Gasteiger partial charge in [-0.25, -0.2) is 0 Å². The minimum atomic E-state index is 0.423. The summed E-state index contributed by atoms with van der Waals surface area (Å²) in [7, 11) is 0. The van der Waals surface area contributed by atoms with E-state index in [0.29, 0.717) is 48.0 Å². The summed E-state index contributed by atoms with van der Waals surface area (Å²) in [4.78, 5) is 0. The molecule has 0 aromatic rings. The number of rotatable bonds is 0. The van der Waals surface area contributed by atoms with E-state index < -0.39 is 0 Å². The molecule has 0 radical (unpaired) electrons. The first kappa shape index (κ1) is 5.86. The maximum atomic E-state index is 3.32. The summed E-state index contributed by atoms with van der Waals surface area (Å²) in [6.07, 6.45) is 2.17. The predicted molar refractivity (Wildman–Crippen MR) is 58.5 cm³/mol. The third-order valence-corrected chi connectivity index (χ3v) is 27.7. The summed E-state index contributed by atoms with van der Waals surface area (Å²) in [5.74, 6) is 0. The van der Waals surface area contributed by atoms with Crippen LogP contribution in [0.25, 0.3) is 0 Å². The van der Waals surface area contributed by atoms with Crippen LogP contribution in [0.15, 0.2) is 10.3 Å². The van der Waals surface area contributed by atoms with Gasteiger partial charge in [-0.15, -0.1) is 0 Å². The van der Waals surface area contributed by atoms with Crippen molar-refractivity contribution >= 4 is 48.0 Å². The number of hydrogen-bond donors (Lipinski definition) is 1. The summed E-state index contributed by atoms with van der Waals surface area (Å²) in [5, 5.41) is 0. The van der Waals surface area contributed by atoms with Crippen LogP contribution in [-0.2, 0) is 0 Å². The zero-order valence-electron chi connectivity index (χ0n) is 2.88. The van der Waals surface area contributed by atoms with Crippen LogP contribution in [0.2, 0.25) is 0 Å². The number of halogens is 3. The summed E-state index contributed by atoms with van der Waals surface area (Å²) >= 11 is 1.57. The molecule has 0 bridgehead atoms. The average Bonchev–Trinajstić information content (AvgIpc) is 1.72. The van der Waals surface area contributed by atoms with Crippen LogP contribution in [0.3, 0.4) is 0 Å². The van der Waals surface area contributed by atoms with Crippen molar-refractivity contribution < 1.29 is 0 Å². The second-order valence-corrected chi connectivity index (χ2v) is 30.5. The van der Waals surface area contributed by atoms with Gasteiger partial charge in [-0.2, -0.15) is 0 Å². The van der Waals surface area contributed by atoms with Crippen molar-refractivity contribution in [2.45, 2.75) is 0 Å². The van der Waals surface area contributed by atoms with Gasteiger partial charge in [-0.3, -0.25) is 0 Å². The molecule has 0 saturated carbocycles. The molecule has 0 aromatic heterocycles. The molecule has 0 amide bonds. The van der Waals surface area contributed by atoms with Crippen LogP contribution in [0.5, 0.6) is 0 Å². The molecule has 4 heteroatoms. The Balaban J connectivity index is 2.26. The van der Waals surface area contributed by atoms with E-state index in [-0.39, 0.29) is 0 Å². The molecule has 0 fully saturated rings. The van der Waals surface area contributed by atoms with Gasteiger partial charge >= 0.3 is 61.8 Å². The minimum absolute atomic E-state index is 0.423. The van der Waals surface area contributed by atoms with Crippen LogP contribution in [0, 0.1) is 0 Å². The fourth-order valence-corrected chi connectivity index (χ4v) is 22.5. The van der Waals surface area contributed by atoms with E-state index in [4.69, 9.17) is 0 Å². The van der Waals surface area contributed by atoms with E-state index in [0.717, 1.165) is 0 Å². The molecule has 1 heterocycles. The van der Waals surface area contributed by atoms with Crippen molar-refractivity contribution in [2.75, 3.05) is 0 Å². The fraction of sp³-hybridized carbons (Fsp3) is 0. The van der Waals surface area contributed by atoms with E-state index in [1.807, 2.05) is 0 Å². The van der Waals surface area contributed by atoms with Crippen molar-refractivity contribution in [2.24, 2.45) is 0 Å². The zero-order valence-corrected chi connectivity index (χ0v) is 9.87. The van der Waals surface area contributed by atoms with Gasteiger partial charge in [0.2, 0.25) is 0 Å². The molecule has 0 aliphatic carbocycles. The number of nitrogens with one attached hydrogen (secondary N) is 1. The fourth-order valence-electron chi connectivity index (χ4n) is 0.145. The van der Waals surface area contributed by atoms with Crippen molar-refractivity contribution in [3.05, 3.63) is 10.3 Å². The van der Waals surface area contributed by atoms with Gasteiger partial charge in [-0.05, 0) is 0 Å². The van der Waals surface area contributed by atoms with Crippen LogP contribution in [-0.4, -0.2) is 0 Å². The Labute approximate surface area is 60.5 Å². The van der Waals surface area contributed by atoms with Gasteiger partial charge in [0.05, 0.1) is 0 Å². The Bertz CT molecular complexity index is 53.8. The molecular weight excluding hydrogens is 419 g/mol. The van der Waals surface area contributed by atoms with Crippen molar-refractivity contribution in [1.82, 2.24) is 3.53 Å². The van der Waals surface area contributed by atoms with Gasteiger partial charge in [0.1, 0.15) is 0 Å². The van der Waals surface area contributed by atoms with Gasteiger partial charge < -0.3 is 0 Å². The predicted octanol–water partition coefficient (Wildman–Crippen LogP) is 1.91. The van der Waals surface area contributed by atoms with E-state index in [2.05, 4.69) is 13.8 Å². The van der Waals surface area contributed by atoms with E-state index >= 15 is 0 Å². The molecule has 6 heavy (non-hydrogen) atoms. The molecule has 0 unspecified atom stereocenters. The first-order chi connectivity index (χ1) is 3.00. The van der Waals surface area contributed by atoms with Crippen molar-refractivity contribution in [3.8, 4) is 0 Å². The zero-order chi connectivity index (χ0) is 4.24. The summed E-state index contributed by atoms with van der Waals surface area (Å²) in [5.41, 5.74) is 0. The van der Waals surface area contributed by atoms with E-state index in [1.54, 1.807) is 0 Å². The number of hydrogen-bond acceptors (Lipinski definition) is 1.